The molecule has 0 amide bonds. The van der Waals surface area contributed by atoms with Gasteiger partial charge in [0.15, 0.2) is 17.0 Å². The molecule has 1 saturated heterocycles. The van der Waals surface area contributed by atoms with Gasteiger partial charge in [-0.2, -0.15) is 0 Å². The zero-order chi connectivity index (χ0) is 13.9. The van der Waals surface area contributed by atoms with E-state index in [1.54, 1.807) is 12.4 Å². The monoisotopic (exact) mass is 273 g/mol. The molecular weight excluding hydrogens is 258 g/mol. The smallest absolute Gasteiger partial charge is 0.305 e. The van der Waals surface area contributed by atoms with Crippen molar-refractivity contribution >= 4 is 23.0 Å². The van der Waals surface area contributed by atoms with Crippen LogP contribution >= 0.6 is 0 Å². The molecule has 0 bridgehead atoms. The van der Waals surface area contributed by atoms with E-state index in [1.807, 2.05) is 4.90 Å². The fraction of sp³-hybridized carbons (Fsp3) is 0.462. The predicted octanol–water partition coefficient (Wildman–Crippen LogP) is 1.25. The van der Waals surface area contributed by atoms with Crippen LogP contribution < -0.4 is 4.90 Å². The number of aliphatic carboxylic acids is 1. The number of aromatic nitrogens is 4. The van der Waals surface area contributed by atoms with Gasteiger partial charge in [0.25, 0.3) is 0 Å². The van der Waals surface area contributed by atoms with Gasteiger partial charge in [0.05, 0.1) is 6.42 Å². The van der Waals surface area contributed by atoms with Crippen molar-refractivity contribution in [2.75, 3.05) is 11.4 Å². The molecule has 1 aliphatic heterocycles. The average Bonchev–Trinajstić information content (AvgIpc) is 2.47. The largest absolute Gasteiger partial charge is 0.481 e. The number of hydrogen-bond donors (Lipinski definition) is 1. The number of fused-ring (bicyclic) bond motifs is 1. The highest BCUT2D eigenvalue weighted by Crippen LogP contribution is 2.28. The average molecular weight is 273 g/mol. The molecule has 104 valence electrons. The summed E-state index contributed by atoms with van der Waals surface area (Å²) in [6.07, 6.45) is 7.70. The molecule has 0 aliphatic carbocycles. The Balaban J connectivity index is 2.01. The van der Waals surface area contributed by atoms with Crippen molar-refractivity contribution in [2.24, 2.45) is 0 Å². The van der Waals surface area contributed by atoms with Crippen LogP contribution in [0.1, 0.15) is 25.7 Å². The summed E-state index contributed by atoms with van der Waals surface area (Å²) in [6.45, 7) is 0.792. The van der Waals surface area contributed by atoms with Crippen LogP contribution in [0, 0.1) is 0 Å². The van der Waals surface area contributed by atoms with E-state index in [0.717, 1.165) is 25.8 Å². The van der Waals surface area contributed by atoms with Gasteiger partial charge in [-0.15, -0.1) is 0 Å². The first kappa shape index (κ1) is 12.7. The molecule has 1 N–H and O–H groups in total. The summed E-state index contributed by atoms with van der Waals surface area (Å²) in [5.74, 6) is -0.0969. The fourth-order valence-electron chi connectivity index (χ4n) is 2.69. The zero-order valence-corrected chi connectivity index (χ0v) is 10.9. The van der Waals surface area contributed by atoms with Crippen molar-refractivity contribution in [2.45, 2.75) is 31.7 Å². The number of piperidine rings is 1. The van der Waals surface area contributed by atoms with Crippen molar-refractivity contribution in [1.82, 2.24) is 19.9 Å². The minimum absolute atomic E-state index is 0.0404. The summed E-state index contributed by atoms with van der Waals surface area (Å²) < 4.78 is 0. The van der Waals surface area contributed by atoms with E-state index in [-0.39, 0.29) is 12.5 Å². The van der Waals surface area contributed by atoms with Crippen LogP contribution in [0.15, 0.2) is 18.7 Å². The van der Waals surface area contributed by atoms with E-state index < -0.39 is 5.97 Å². The third-order valence-electron chi connectivity index (χ3n) is 3.56. The van der Waals surface area contributed by atoms with E-state index in [4.69, 9.17) is 5.11 Å². The highest BCUT2D eigenvalue weighted by Gasteiger charge is 2.27. The lowest BCUT2D eigenvalue weighted by Gasteiger charge is -2.35. The number of carboxylic acid groups (broad SMARTS) is 1. The summed E-state index contributed by atoms with van der Waals surface area (Å²) in [5, 5.41) is 9.06. The number of carbonyl (C=O) groups is 1. The second-order valence-electron chi connectivity index (χ2n) is 4.87. The molecule has 1 fully saturated rings. The topological polar surface area (TPSA) is 92.1 Å². The molecule has 7 nitrogen and oxygen atoms in total. The molecule has 1 unspecified atom stereocenters. The fourth-order valence-corrected chi connectivity index (χ4v) is 2.69. The molecule has 0 spiro atoms. The first-order valence-corrected chi connectivity index (χ1v) is 6.66. The van der Waals surface area contributed by atoms with Crippen LogP contribution in [0.4, 0.5) is 5.82 Å². The Morgan fingerprint density at radius 3 is 2.95 bits per heavy atom. The molecule has 1 atom stereocenters. The van der Waals surface area contributed by atoms with Crippen LogP contribution in [-0.2, 0) is 4.79 Å². The number of anilines is 1. The van der Waals surface area contributed by atoms with Crippen molar-refractivity contribution in [3.8, 4) is 0 Å². The Morgan fingerprint density at radius 1 is 1.25 bits per heavy atom. The third kappa shape index (κ3) is 2.38. The van der Waals surface area contributed by atoms with Crippen molar-refractivity contribution in [1.29, 1.82) is 0 Å². The molecule has 2 aromatic rings. The molecule has 3 rings (SSSR count). The summed E-state index contributed by atoms with van der Waals surface area (Å²) in [5.41, 5.74) is 1.17. The quantitative estimate of drug-likeness (QED) is 0.899. The summed E-state index contributed by atoms with van der Waals surface area (Å²) in [6, 6.07) is -0.0404. The second kappa shape index (κ2) is 5.36. The highest BCUT2D eigenvalue weighted by molar-refractivity contribution is 5.82. The molecule has 0 radical (unpaired) electrons. The van der Waals surface area contributed by atoms with Gasteiger partial charge >= 0.3 is 5.97 Å². The lowest BCUT2D eigenvalue weighted by Crippen LogP contribution is -2.41. The molecule has 2 aromatic heterocycles. The summed E-state index contributed by atoms with van der Waals surface area (Å²) >= 11 is 0. The van der Waals surface area contributed by atoms with Gasteiger partial charge in [0.2, 0.25) is 0 Å². The number of rotatable bonds is 3. The summed E-state index contributed by atoms with van der Waals surface area (Å²) in [7, 11) is 0. The predicted molar refractivity (Wildman–Crippen MR) is 72.4 cm³/mol. The van der Waals surface area contributed by atoms with E-state index in [0.29, 0.717) is 17.0 Å². The summed E-state index contributed by atoms with van der Waals surface area (Å²) in [4.78, 5) is 29.9. The molecule has 1 aliphatic rings. The van der Waals surface area contributed by atoms with Gasteiger partial charge in [0.1, 0.15) is 6.33 Å². The normalized spacial score (nSPS) is 19.2. The third-order valence-corrected chi connectivity index (χ3v) is 3.56. The minimum atomic E-state index is -0.786. The van der Waals surface area contributed by atoms with Gasteiger partial charge in [-0.05, 0) is 19.3 Å². The number of hydrogen-bond acceptors (Lipinski definition) is 6. The van der Waals surface area contributed by atoms with E-state index in [1.165, 1.54) is 6.33 Å². The second-order valence-corrected chi connectivity index (χ2v) is 4.87. The van der Waals surface area contributed by atoms with Gasteiger partial charge in [0, 0.05) is 25.0 Å². The number of nitrogens with zero attached hydrogens (tertiary/aromatic N) is 5. The lowest BCUT2D eigenvalue weighted by atomic mass is 9.99. The minimum Gasteiger partial charge on any atom is -0.481 e. The van der Waals surface area contributed by atoms with E-state index in [9.17, 15) is 4.79 Å². The van der Waals surface area contributed by atoms with Crippen molar-refractivity contribution in [3.05, 3.63) is 18.7 Å². The Hall–Kier alpha value is -2.31. The van der Waals surface area contributed by atoms with E-state index >= 15 is 0 Å². The Labute approximate surface area is 115 Å². The maximum atomic E-state index is 11.0. The standard InChI is InChI=1S/C13H15N5O2/c19-10(20)7-9-3-1-2-6-18(9)13-11-12(16-8-17-13)15-5-4-14-11/h4-5,8-9H,1-3,6-7H2,(H,19,20). The van der Waals surface area contributed by atoms with Crippen LogP contribution in [0.2, 0.25) is 0 Å². The Bertz CT molecular complexity index is 628. The number of carboxylic acids is 1. The van der Waals surface area contributed by atoms with Crippen LogP contribution in [0.5, 0.6) is 0 Å². The zero-order valence-electron chi connectivity index (χ0n) is 10.9. The first-order valence-electron chi connectivity index (χ1n) is 6.66. The molecule has 0 saturated carbocycles. The molecule has 20 heavy (non-hydrogen) atoms. The van der Waals surface area contributed by atoms with Gasteiger partial charge in [-0.3, -0.25) is 4.79 Å². The maximum absolute atomic E-state index is 11.0. The molecule has 3 heterocycles. The first-order chi connectivity index (χ1) is 9.75. The van der Waals surface area contributed by atoms with Crippen LogP contribution in [0.25, 0.3) is 11.2 Å². The van der Waals surface area contributed by atoms with Crippen molar-refractivity contribution in [3.63, 3.8) is 0 Å². The van der Waals surface area contributed by atoms with Gasteiger partial charge < -0.3 is 10.0 Å². The lowest BCUT2D eigenvalue weighted by molar-refractivity contribution is -0.137. The van der Waals surface area contributed by atoms with Gasteiger partial charge in [-0.25, -0.2) is 19.9 Å². The molecule has 0 aromatic carbocycles. The molecular formula is C13H15N5O2. The van der Waals surface area contributed by atoms with Crippen LogP contribution in [0.3, 0.4) is 0 Å². The van der Waals surface area contributed by atoms with Gasteiger partial charge in [-0.1, -0.05) is 0 Å². The Morgan fingerprint density at radius 2 is 2.10 bits per heavy atom. The maximum Gasteiger partial charge on any atom is 0.305 e. The van der Waals surface area contributed by atoms with Crippen LogP contribution in [-0.4, -0.2) is 43.6 Å². The molecule has 7 heteroatoms. The van der Waals surface area contributed by atoms with E-state index in [2.05, 4.69) is 19.9 Å². The van der Waals surface area contributed by atoms with Crippen molar-refractivity contribution < 1.29 is 9.90 Å². The Kier molecular flexibility index (Phi) is 3.41. The SMILES string of the molecule is O=C(O)CC1CCCCN1c1ncnc2nccnc12. The highest BCUT2D eigenvalue weighted by atomic mass is 16.4.